The van der Waals surface area contributed by atoms with Gasteiger partial charge in [0.15, 0.2) is 0 Å². The van der Waals surface area contributed by atoms with Crippen molar-refractivity contribution in [1.82, 2.24) is 4.90 Å². The predicted molar refractivity (Wildman–Crippen MR) is 81.6 cm³/mol. The van der Waals surface area contributed by atoms with Gasteiger partial charge in [0.05, 0.1) is 6.61 Å². The third-order valence-corrected chi connectivity index (χ3v) is 4.29. The van der Waals surface area contributed by atoms with Gasteiger partial charge in [-0.3, -0.25) is 4.79 Å². The monoisotopic (exact) mass is 295 g/mol. The Bertz CT molecular complexity index is 464. The van der Waals surface area contributed by atoms with E-state index in [1.807, 2.05) is 29.2 Å². The minimum Gasteiger partial charge on any atom is -0.494 e. The highest BCUT2D eigenvalue weighted by molar-refractivity contribution is 6.20. The molecule has 0 radical (unpaired) electrons. The number of carbonyl (C=O) groups is 1. The number of hydrogen-bond acceptors (Lipinski definition) is 2. The molecule has 0 bridgehead atoms. The van der Waals surface area contributed by atoms with Crippen LogP contribution in [0, 0.1) is 5.92 Å². The molecule has 0 saturated carbocycles. The molecule has 20 heavy (non-hydrogen) atoms. The first-order chi connectivity index (χ1) is 9.61. The van der Waals surface area contributed by atoms with Crippen molar-refractivity contribution >= 4 is 17.5 Å². The summed E-state index contributed by atoms with van der Waals surface area (Å²) in [6.07, 6.45) is 1.82. The lowest BCUT2D eigenvalue weighted by molar-refractivity contribution is 0.0686. The van der Waals surface area contributed by atoms with Crippen molar-refractivity contribution in [3.05, 3.63) is 29.8 Å². The maximum Gasteiger partial charge on any atom is 0.253 e. The van der Waals surface area contributed by atoms with Crippen LogP contribution in [0.25, 0.3) is 0 Å². The lowest BCUT2D eigenvalue weighted by Crippen LogP contribution is -2.43. The van der Waals surface area contributed by atoms with E-state index < -0.39 is 0 Å². The van der Waals surface area contributed by atoms with Crippen molar-refractivity contribution in [1.29, 1.82) is 0 Å². The molecule has 1 saturated heterocycles. The summed E-state index contributed by atoms with van der Waals surface area (Å²) in [5.41, 5.74) is 0.693. The molecule has 110 valence electrons. The molecule has 1 aliphatic heterocycles. The Hall–Kier alpha value is -1.22. The van der Waals surface area contributed by atoms with Crippen LogP contribution < -0.4 is 4.74 Å². The zero-order valence-corrected chi connectivity index (χ0v) is 12.9. The number of alkyl halides is 1. The molecule has 0 aliphatic carbocycles. The van der Waals surface area contributed by atoms with E-state index in [1.165, 1.54) is 0 Å². The molecule has 2 atom stereocenters. The fourth-order valence-corrected chi connectivity index (χ4v) is 2.60. The van der Waals surface area contributed by atoms with Crippen LogP contribution in [0.4, 0.5) is 0 Å². The number of amides is 1. The van der Waals surface area contributed by atoms with Crippen LogP contribution in [0.2, 0.25) is 0 Å². The van der Waals surface area contributed by atoms with E-state index in [0.717, 1.165) is 31.7 Å². The summed E-state index contributed by atoms with van der Waals surface area (Å²) in [6, 6.07) is 7.43. The molecule has 3 nitrogen and oxygen atoms in total. The first kappa shape index (κ1) is 15.2. The molecular weight excluding hydrogens is 274 g/mol. The quantitative estimate of drug-likeness (QED) is 0.795. The molecule has 1 aromatic carbocycles. The molecule has 2 rings (SSSR count). The molecule has 4 heteroatoms. The number of benzene rings is 1. The zero-order valence-electron chi connectivity index (χ0n) is 12.1. The van der Waals surface area contributed by atoms with Crippen LogP contribution in [0.5, 0.6) is 5.75 Å². The third kappa shape index (κ3) is 3.66. The van der Waals surface area contributed by atoms with Gasteiger partial charge in [0.2, 0.25) is 0 Å². The molecule has 1 amide bonds. The maximum atomic E-state index is 12.5. The highest BCUT2D eigenvalue weighted by Gasteiger charge is 2.27. The number of rotatable bonds is 4. The minimum absolute atomic E-state index is 0.0716. The van der Waals surface area contributed by atoms with Gasteiger partial charge in [-0.2, -0.15) is 0 Å². The van der Waals surface area contributed by atoms with Gasteiger partial charge in [-0.05, 0) is 37.0 Å². The first-order valence-electron chi connectivity index (χ1n) is 7.28. The number of hydrogen-bond donors (Lipinski definition) is 0. The molecular formula is C16H22ClNO2. The Morgan fingerprint density at radius 3 is 3.00 bits per heavy atom. The average molecular weight is 296 g/mol. The number of piperidine rings is 1. The first-order valence-corrected chi connectivity index (χ1v) is 7.71. The molecule has 2 unspecified atom stereocenters. The Labute approximate surface area is 125 Å². The van der Waals surface area contributed by atoms with Gasteiger partial charge in [0.25, 0.3) is 5.91 Å². The molecule has 0 N–H and O–H groups in total. The van der Waals surface area contributed by atoms with Crippen LogP contribution in [0.15, 0.2) is 24.3 Å². The molecule has 1 fully saturated rings. The van der Waals surface area contributed by atoms with Gasteiger partial charge in [0, 0.05) is 24.0 Å². The van der Waals surface area contributed by atoms with Gasteiger partial charge in [-0.25, -0.2) is 0 Å². The molecule has 1 aromatic rings. The van der Waals surface area contributed by atoms with Crippen molar-refractivity contribution in [2.45, 2.75) is 32.1 Å². The van der Waals surface area contributed by atoms with Crippen molar-refractivity contribution in [3.8, 4) is 5.75 Å². The highest BCUT2D eigenvalue weighted by Crippen LogP contribution is 2.24. The van der Waals surface area contributed by atoms with E-state index in [-0.39, 0.29) is 11.3 Å². The topological polar surface area (TPSA) is 29.5 Å². The fraction of sp³-hybridized carbons (Fsp3) is 0.562. The highest BCUT2D eigenvalue weighted by atomic mass is 35.5. The summed E-state index contributed by atoms with van der Waals surface area (Å²) in [5, 5.41) is 0.179. The van der Waals surface area contributed by atoms with E-state index in [4.69, 9.17) is 16.3 Å². The van der Waals surface area contributed by atoms with E-state index >= 15 is 0 Å². The van der Waals surface area contributed by atoms with Gasteiger partial charge in [0.1, 0.15) is 5.75 Å². The SMILES string of the molecule is CCCOc1cccc(C(=O)N2CCC(Cl)C(C)C2)c1. The standard InChI is InChI=1S/C16H22ClNO2/c1-3-9-20-14-6-4-5-13(10-14)16(19)18-8-7-15(17)12(2)11-18/h4-6,10,12,15H,3,7-9,11H2,1-2H3. The minimum atomic E-state index is 0.0716. The normalized spacial score (nSPS) is 22.6. The second-order valence-corrected chi connectivity index (χ2v) is 5.97. The summed E-state index contributed by atoms with van der Waals surface area (Å²) < 4.78 is 5.58. The Kier molecular flexibility index (Phi) is 5.30. The van der Waals surface area contributed by atoms with Crippen LogP contribution in [-0.2, 0) is 0 Å². The lowest BCUT2D eigenvalue weighted by Gasteiger charge is -2.34. The summed E-state index contributed by atoms with van der Waals surface area (Å²) in [4.78, 5) is 14.4. The fourth-order valence-electron chi connectivity index (χ4n) is 2.42. The number of nitrogens with zero attached hydrogens (tertiary/aromatic N) is 1. The van der Waals surface area contributed by atoms with E-state index in [1.54, 1.807) is 0 Å². The van der Waals surface area contributed by atoms with Gasteiger partial charge in [-0.1, -0.05) is 19.9 Å². The number of likely N-dealkylation sites (tertiary alicyclic amines) is 1. The summed E-state index contributed by atoms with van der Waals surface area (Å²) in [5.74, 6) is 1.18. The second-order valence-electron chi connectivity index (χ2n) is 5.41. The Morgan fingerprint density at radius 1 is 1.50 bits per heavy atom. The largest absolute Gasteiger partial charge is 0.494 e. The zero-order chi connectivity index (χ0) is 14.5. The van der Waals surface area contributed by atoms with Gasteiger partial charge < -0.3 is 9.64 Å². The van der Waals surface area contributed by atoms with Crippen LogP contribution in [0.1, 0.15) is 37.0 Å². The average Bonchev–Trinajstić information content (AvgIpc) is 2.47. The molecule has 1 aliphatic rings. The maximum absolute atomic E-state index is 12.5. The number of halogens is 1. The van der Waals surface area contributed by atoms with Crippen molar-refractivity contribution in [2.75, 3.05) is 19.7 Å². The van der Waals surface area contributed by atoms with Gasteiger partial charge >= 0.3 is 0 Å². The molecule has 0 spiro atoms. The van der Waals surface area contributed by atoms with Crippen LogP contribution in [0.3, 0.4) is 0 Å². The summed E-state index contributed by atoms with van der Waals surface area (Å²) in [7, 11) is 0. The lowest BCUT2D eigenvalue weighted by atomic mass is 9.99. The Balaban J connectivity index is 2.05. The van der Waals surface area contributed by atoms with Crippen molar-refractivity contribution in [2.24, 2.45) is 5.92 Å². The molecule has 0 aromatic heterocycles. The number of ether oxygens (including phenoxy) is 1. The van der Waals surface area contributed by atoms with Crippen LogP contribution in [-0.4, -0.2) is 35.9 Å². The Morgan fingerprint density at radius 2 is 2.30 bits per heavy atom. The van der Waals surface area contributed by atoms with E-state index in [2.05, 4.69) is 13.8 Å². The summed E-state index contributed by atoms with van der Waals surface area (Å²) in [6.45, 7) is 6.29. The smallest absolute Gasteiger partial charge is 0.253 e. The van der Waals surface area contributed by atoms with Gasteiger partial charge in [-0.15, -0.1) is 11.6 Å². The van der Waals surface area contributed by atoms with Crippen molar-refractivity contribution < 1.29 is 9.53 Å². The van der Waals surface area contributed by atoms with Crippen LogP contribution >= 0.6 is 11.6 Å². The summed E-state index contributed by atoms with van der Waals surface area (Å²) >= 11 is 6.21. The molecule has 1 heterocycles. The second kappa shape index (κ2) is 6.98. The van der Waals surface area contributed by atoms with E-state index in [0.29, 0.717) is 18.1 Å². The predicted octanol–water partition coefficient (Wildman–Crippen LogP) is 3.56. The number of carbonyl (C=O) groups excluding carboxylic acids is 1. The third-order valence-electron chi connectivity index (χ3n) is 3.64. The van der Waals surface area contributed by atoms with Crippen molar-refractivity contribution in [3.63, 3.8) is 0 Å². The van der Waals surface area contributed by atoms with E-state index in [9.17, 15) is 4.79 Å².